The number of aryl methyl sites for hydroxylation is 2. The van der Waals surface area contributed by atoms with Crippen molar-refractivity contribution < 1.29 is 0 Å². The predicted octanol–water partition coefficient (Wildman–Crippen LogP) is 4.14. The summed E-state index contributed by atoms with van der Waals surface area (Å²) in [5, 5.41) is 0. The highest BCUT2D eigenvalue weighted by atomic mass is 15.3. The van der Waals surface area contributed by atoms with Crippen LogP contribution in [0.25, 0.3) is 0 Å². The van der Waals surface area contributed by atoms with Crippen LogP contribution in [0, 0.1) is 13.8 Å². The third-order valence-corrected chi connectivity index (χ3v) is 5.52. The molecular formula is C22H28N4. The molecule has 2 fully saturated rings. The second-order valence-electron chi connectivity index (χ2n) is 7.47. The fourth-order valence-electron chi connectivity index (χ4n) is 4.10. The van der Waals surface area contributed by atoms with Crippen molar-refractivity contribution >= 4 is 17.2 Å². The number of aromatic nitrogens is 1. The fourth-order valence-corrected chi connectivity index (χ4v) is 4.10. The average Bonchev–Trinajstić information content (AvgIpc) is 3.08. The van der Waals surface area contributed by atoms with Gasteiger partial charge in [0.1, 0.15) is 5.82 Å². The molecular weight excluding hydrogens is 320 g/mol. The minimum atomic E-state index is 1.02. The van der Waals surface area contributed by atoms with E-state index in [2.05, 4.69) is 70.4 Å². The molecule has 2 aromatic rings. The zero-order chi connectivity index (χ0) is 18.1. The molecule has 2 saturated heterocycles. The first-order chi connectivity index (χ1) is 12.6. The van der Waals surface area contributed by atoms with E-state index in [1.54, 1.807) is 0 Å². The maximum absolute atomic E-state index is 4.66. The number of benzene rings is 1. The molecule has 0 aliphatic carbocycles. The largest absolute Gasteiger partial charge is 0.368 e. The highest BCUT2D eigenvalue weighted by molar-refractivity contribution is 5.60. The zero-order valence-electron chi connectivity index (χ0n) is 15.9. The van der Waals surface area contributed by atoms with Gasteiger partial charge in [-0.2, -0.15) is 0 Å². The summed E-state index contributed by atoms with van der Waals surface area (Å²) in [5.74, 6) is 1.14. The maximum Gasteiger partial charge on any atom is 0.131 e. The Hall–Kier alpha value is -2.49. The van der Waals surface area contributed by atoms with Crippen LogP contribution < -0.4 is 14.7 Å². The average molecular weight is 348 g/mol. The number of piperazine rings is 1. The molecule has 0 N–H and O–H groups in total. The molecule has 1 aromatic carbocycles. The third kappa shape index (κ3) is 3.28. The molecule has 0 amide bonds. The van der Waals surface area contributed by atoms with Crippen LogP contribution in [-0.4, -0.2) is 37.7 Å². The molecule has 2 aliphatic heterocycles. The normalized spacial score (nSPS) is 17.9. The lowest BCUT2D eigenvalue weighted by molar-refractivity contribution is 0.646. The van der Waals surface area contributed by atoms with E-state index in [1.165, 1.54) is 34.6 Å². The van der Waals surface area contributed by atoms with Gasteiger partial charge in [0.25, 0.3) is 0 Å². The Morgan fingerprint density at radius 3 is 2.15 bits per heavy atom. The van der Waals surface area contributed by atoms with Crippen LogP contribution in [0.1, 0.15) is 24.0 Å². The summed E-state index contributed by atoms with van der Waals surface area (Å²) in [5.41, 5.74) is 6.33. The first-order valence-corrected chi connectivity index (χ1v) is 9.60. The summed E-state index contributed by atoms with van der Waals surface area (Å²) in [6, 6.07) is 11.2. The highest BCUT2D eigenvalue weighted by Gasteiger charge is 2.21. The van der Waals surface area contributed by atoms with Gasteiger partial charge in [0.05, 0.1) is 0 Å². The van der Waals surface area contributed by atoms with Crippen molar-refractivity contribution in [2.45, 2.75) is 26.7 Å². The van der Waals surface area contributed by atoms with Crippen molar-refractivity contribution in [3.05, 3.63) is 59.9 Å². The Labute approximate surface area is 156 Å². The van der Waals surface area contributed by atoms with E-state index in [0.29, 0.717) is 0 Å². The molecule has 26 heavy (non-hydrogen) atoms. The number of rotatable bonds is 3. The molecule has 0 saturated carbocycles. The molecule has 0 spiro atoms. The Balaban J connectivity index is 1.41. The van der Waals surface area contributed by atoms with Gasteiger partial charge >= 0.3 is 0 Å². The molecule has 0 bridgehead atoms. The van der Waals surface area contributed by atoms with Crippen molar-refractivity contribution in [3.8, 4) is 0 Å². The Morgan fingerprint density at radius 1 is 0.885 bits per heavy atom. The van der Waals surface area contributed by atoms with Crippen molar-refractivity contribution in [1.29, 1.82) is 0 Å². The minimum Gasteiger partial charge on any atom is -0.368 e. The monoisotopic (exact) mass is 348 g/mol. The van der Waals surface area contributed by atoms with E-state index in [-0.39, 0.29) is 0 Å². The molecule has 4 heteroatoms. The van der Waals surface area contributed by atoms with E-state index < -0.39 is 0 Å². The molecule has 0 atom stereocenters. The maximum atomic E-state index is 4.66. The van der Waals surface area contributed by atoms with Gasteiger partial charge in [-0.1, -0.05) is 12.6 Å². The van der Waals surface area contributed by atoms with E-state index in [9.17, 15) is 0 Å². The van der Waals surface area contributed by atoms with E-state index >= 15 is 0 Å². The molecule has 2 aliphatic rings. The lowest BCUT2D eigenvalue weighted by atomic mass is 10.2. The SMILES string of the molecule is C=C1CCCN1c1ccc(N2CCN(c3ncc(C)cc3C)CC2)cc1. The van der Waals surface area contributed by atoms with Gasteiger partial charge in [-0.3, -0.25) is 0 Å². The summed E-state index contributed by atoms with van der Waals surface area (Å²) in [6.07, 6.45) is 4.31. The number of pyridine rings is 1. The number of hydrogen-bond donors (Lipinski definition) is 0. The van der Waals surface area contributed by atoms with Gasteiger partial charge in [-0.05, 0) is 62.1 Å². The molecule has 1 aromatic heterocycles. The predicted molar refractivity (Wildman–Crippen MR) is 110 cm³/mol. The zero-order valence-corrected chi connectivity index (χ0v) is 15.9. The summed E-state index contributed by atoms with van der Waals surface area (Å²) >= 11 is 0. The van der Waals surface area contributed by atoms with Gasteiger partial charge in [-0.15, -0.1) is 0 Å². The Bertz CT molecular complexity index is 788. The number of anilines is 3. The second-order valence-corrected chi connectivity index (χ2v) is 7.47. The summed E-state index contributed by atoms with van der Waals surface area (Å²) in [7, 11) is 0. The number of nitrogens with zero attached hydrogens (tertiary/aromatic N) is 4. The van der Waals surface area contributed by atoms with Crippen LogP contribution in [0.5, 0.6) is 0 Å². The Morgan fingerprint density at radius 2 is 1.54 bits per heavy atom. The second kappa shape index (κ2) is 7.02. The minimum absolute atomic E-state index is 1.02. The van der Waals surface area contributed by atoms with Crippen molar-refractivity contribution in [3.63, 3.8) is 0 Å². The van der Waals surface area contributed by atoms with Crippen LogP contribution in [0.3, 0.4) is 0 Å². The first kappa shape index (κ1) is 17.0. The molecule has 0 radical (unpaired) electrons. The fraction of sp³-hybridized carbons (Fsp3) is 0.409. The van der Waals surface area contributed by atoms with Crippen LogP contribution >= 0.6 is 0 Å². The highest BCUT2D eigenvalue weighted by Crippen LogP contribution is 2.29. The molecule has 136 valence electrons. The van der Waals surface area contributed by atoms with Gasteiger partial charge in [0.15, 0.2) is 0 Å². The topological polar surface area (TPSA) is 22.6 Å². The van der Waals surface area contributed by atoms with Crippen molar-refractivity contribution in [2.24, 2.45) is 0 Å². The van der Waals surface area contributed by atoms with E-state index in [4.69, 9.17) is 0 Å². The Kier molecular flexibility index (Phi) is 4.58. The van der Waals surface area contributed by atoms with Gasteiger partial charge in [0, 0.05) is 56.0 Å². The van der Waals surface area contributed by atoms with Crippen LogP contribution in [-0.2, 0) is 0 Å². The summed E-state index contributed by atoms with van der Waals surface area (Å²) in [4.78, 5) is 11.9. The quantitative estimate of drug-likeness (QED) is 0.831. The van der Waals surface area contributed by atoms with Crippen LogP contribution in [0.4, 0.5) is 17.2 Å². The van der Waals surface area contributed by atoms with Gasteiger partial charge in [-0.25, -0.2) is 4.98 Å². The van der Waals surface area contributed by atoms with Gasteiger partial charge < -0.3 is 14.7 Å². The molecule has 3 heterocycles. The number of allylic oxidation sites excluding steroid dienone is 1. The van der Waals surface area contributed by atoms with Crippen molar-refractivity contribution in [2.75, 3.05) is 47.4 Å². The lowest BCUT2D eigenvalue weighted by Crippen LogP contribution is -2.47. The summed E-state index contributed by atoms with van der Waals surface area (Å²) < 4.78 is 0. The van der Waals surface area contributed by atoms with E-state index in [1.807, 2.05) is 6.20 Å². The molecule has 4 nitrogen and oxygen atoms in total. The molecule has 4 rings (SSSR count). The van der Waals surface area contributed by atoms with Gasteiger partial charge in [0.2, 0.25) is 0 Å². The lowest BCUT2D eigenvalue weighted by Gasteiger charge is -2.37. The molecule has 0 unspecified atom stereocenters. The smallest absolute Gasteiger partial charge is 0.131 e. The first-order valence-electron chi connectivity index (χ1n) is 9.60. The van der Waals surface area contributed by atoms with Crippen LogP contribution in [0.15, 0.2) is 48.8 Å². The van der Waals surface area contributed by atoms with Crippen LogP contribution in [0.2, 0.25) is 0 Å². The third-order valence-electron chi connectivity index (χ3n) is 5.52. The standard InChI is InChI=1S/C22H28N4/c1-17-15-18(2)22(23-16-17)25-13-11-24(12-14-25)20-6-8-21(9-7-20)26-10-4-5-19(26)3/h6-9,15-16H,3-5,10-14H2,1-2H3. The number of hydrogen-bond acceptors (Lipinski definition) is 4. The van der Waals surface area contributed by atoms with Crippen molar-refractivity contribution in [1.82, 2.24) is 4.98 Å². The summed E-state index contributed by atoms with van der Waals surface area (Å²) in [6.45, 7) is 13.6. The van der Waals surface area contributed by atoms with E-state index in [0.717, 1.165) is 45.0 Å².